The normalized spacial score (nSPS) is 14.4. The maximum atomic E-state index is 12.8. The van der Waals surface area contributed by atoms with Crippen LogP contribution in [0.25, 0.3) is 0 Å². The van der Waals surface area contributed by atoms with Gasteiger partial charge in [-0.15, -0.1) is 0 Å². The molecule has 0 bridgehead atoms. The zero-order chi connectivity index (χ0) is 19.4. The smallest absolute Gasteiger partial charge is 0.343 e. The van der Waals surface area contributed by atoms with Crippen molar-refractivity contribution in [2.75, 3.05) is 18.9 Å². The molecule has 0 saturated carbocycles. The third-order valence-corrected chi connectivity index (χ3v) is 5.33. The summed E-state index contributed by atoms with van der Waals surface area (Å²) in [4.78, 5) is 34.7. The van der Waals surface area contributed by atoms with Crippen LogP contribution in [0.5, 0.6) is 0 Å². The van der Waals surface area contributed by atoms with Gasteiger partial charge in [-0.05, 0) is 31.4 Å². The number of nitrogen functional groups attached to an aromatic ring is 1. The van der Waals surface area contributed by atoms with Crippen LogP contribution in [0.1, 0.15) is 35.3 Å². The number of nitrogens with two attached hydrogens (primary N) is 1. The molecule has 0 radical (unpaired) electrons. The fraction of sp³-hybridized carbons (Fsp3) is 0.368. The SMILES string of the molecule is CCOC(=O)c1cnc(S[C@@H](C)C(=O)N2CCc3ccccc3C2)nc1N. The van der Waals surface area contributed by atoms with Gasteiger partial charge in [0.2, 0.25) is 5.91 Å². The highest BCUT2D eigenvalue weighted by Gasteiger charge is 2.26. The van der Waals surface area contributed by atoms with Gasteiger partial charge in [0.25, 0.3) is 0 Å². The number of nitrogens with zero attached hydrogens (tertiary/aromatic N) is 3. The van der Waals surface area contributed by atoms with E-state index in [1.54, 1.807) is 6.92 Å². The molecule has 0 aliphatic carbocycles. The van der Waals surface area contributed by atoms with E-state index in [2.05, 4.69) is 22.1 Å². The Kier molecular flexibility index (Phi) is 5.95. The van der Waals surface area contributed by atoms with Gasteiger partial charge in [-0.3, -0.25) is 4.79 Å². The van der Waals surface area contributed by atoms with Crippen molar-refractivity contribution in [1.29, 1.82) is 0 Å². The van der Waals surface area contributed by atoms with Gasteiger partial charge in [0.1, 0.15) is 11.4 Å². The monoisotopic (exact) mass is 386 g/mol. The van der Waals surface area contributed by atoms with E-state index in [0.29, 0.717) is 18.2 Å². The number of aromatic nitrogens is 2. The molecular formula is C19H22N4O3S. The highest BCUT2D eigenvalue weighted by molar-refractivity contribution is 8.00. The molecule has 0 saturated heterocycles. The van der Waals surface area contributed by atoms with Gasteiger partial charge in [-0.2, -0.15) is 0 Å². The first-order valence-corrected chi connectivity index (χ1v) is 9.69. The highest BCUT2D eigenvalue weighted by Crippen LogP contribution is 2.25. The van der Waals surface area contributed by atoms with Gasteiger partial charge in [-0.25, -0.2) is 14.8 Å². The average molecular weight is 386 g/mol. The zero-order valence-electron chi connectivity index (χ0n) is 15.3. The molecule has 142 valence electrons. The molecule has 3 rings (SSSR count). The van der Waals surface area contributed by atoms with Gasteiger partial charge in [0.15, 0.2) is 5.16 Å². The van der Waals surface area contributed by atoms with Crippen LogP contribution in [0.3, 0.4) is 0 Å². The summed E-state index contributed by atoms with van der Waals surface area (Å²) < 4.78 is 4.91. The summed E-state index contributed by atoms with van der Waals surface area (Å²) in [5.74, 6) is -0.466. The van der Waals surface area contributed by atoms with E-state index in [4.69, 9.17) is 10.5 Å². The Hall–Kier alpha value is -2.61. The van der Waals surface area contributed by atoms with Crippen LogP contribution < -0.4 is 5.73 Å². The Morgan fingerprint density at radius 3 is 2.78 bits per heavy atom. The van der Waals surface area contributed by atoms with Crippen LogP contribution in [0, 0.1) is 0 Å². The van der Waals surface area contributed by atoms with Crippen molar-refractivity contribution in [2.24, 2.45) is 0 Å². The van der Waals surface area contributed by atoms with Gasteiger partial charge in [-0.1, -0.05) is 36.0 Å². The zero-order valence-corrected chi connectivity index (χ0v) is 16.2. The summed E-state index contributed by atoms with van der Waals surface area (Å²) in [6, 6.07) is 8.19. The van der Waals surface area contributed by atoms with Gasteiger partial charge in [0, 0.05) is 19.3 Å². The van der Waals surface area contributed by atoms with Crippen molar-refractivity contribution >= 4 is 29.5 Å². The number of carbonyl (C=O) groups is 2. The van der Waals surface area contributed by atoms with E-state index in [1.165, 1.54) is 29.1 Å². The van der Waals surface area contributed by atoms with Gasteiger partial charge >= 0.3 is 5.97 Å². The van der Waals surface area contributed by atoms with Crippen molar-refractivity contribution < 1.29 is 14.3 Å². The molecule has 2 aromatic rings. The first-order chi connectivity index (χ1) is 13.0. The minimum atomic E-state index is -0.553. The largest absolute Gasteiger partial charge is 0.462 e. The second kappa shape index (κ2) is 8.39. The first-order valence-electron chi connectivity index (χ1n) is 8.81. The van der Waals surface area contributed by atoms with E-state index in [0.717, 1.165) is 6.42 Å². The van der Waals surface area contributed by atoms with E-state index < -0.39 is 5.97 Å². The molecule has 2 heterocycles. The number of amides is 1. The number of rotatable bonds is 5. The number of carbonyl (C=O) groups excluding carboxylic acids is 2. The lowest BCUT2D eigenvalue weighted by atomic mass is 10.00. The van der Waals surface area contributed by atoms with Crippen LogP contribution in [0.15, 0.2) is 35.6 Å². The van der Waals surface area contributed by atoms with Crippen molar-refractivity contribution in [2.45, 2.75) is 37.2 Å². The lowest BCUT2D eigenvalue weighted by Gasteiger charge is -2.30. The Morgan fingerprint density at radius 1 is 1.33 bits per heavy atom. The van der Waals surface area contributed by atoms with Crippen LogP contribution >= 0.6 is 11.8 Å². The summed E-state index contributed by atoms with van der Waals surface area (Å²) in [6.07, 6.45) is 2.20. The lowest BCUT2D eigenvalue weighted by molar-refractivity contribution is -0.131. The summed E-state index contributed by atoms with van der Waals surface area (Å²) in [6.45, 7) is 5.10. The van der Waals surface area contributed by atoms with Crippen LogP contribution in [0.2, 0.25) is 0 Å². The molecule has 0 fully saturated rings. The number of hydrogen-bond acceptors (Lipinski definition) is 7. The summed E-state index contributed by atoms with van der Waals surface area (Å²) in [5.41, 5.74) is 8.46. The third kappa shape index (κ3) is 4.39. The van der Waals surface area contributed by atoms with E-state index in [1.807, 2.05) is 24.0 Å². The van der Waals surface area contributed by atoms with Gasteiger partial charge < -0.3 is 15.4 Å². The Labute approximate surface area is 162 Å². The second-order valence-corrected chi connectivity index (χ2v) is 7.52. The molecular weight excluding hydrogens is 364 g/mol. The number of anilines is 1. The molecule has 7 nitrogen and oxygen atoms in total. The summed E-state index contributed by atoms with van der Waals surface area (Å²) >= 11 is 1.23. The number of thioether (sulfide) groups is 1. The number of esters is 1. The minimum Gasteiger partial charge on any atom is -0.462 e. The maximum absolute atomic E-state index is 12.8. The predicted molar refractivity (Wildman–Crippen MR) is 103 cm³/mol. The van der Waals surface area contributed by atoms with Crippen molar-refractivity contribution in [3.8, 4) is 0 Å². The Bertz CT molecular complexity index is 859. The van der Waals surface area contributed by atoms with E-state index >= 15 is 0 Å². The van der Waals surface area contributed by atoms with Crippen molar-refractivity contribution in [1.82, 2.24) is 14.9 Å². The van der Waals surface area contributed by atoms with Crippen molar-refractivity contribution in [3.05, 3.63) is 47.2 Å². The molecule has 1 amide bonds. The standard InChI is InChI=1S/C19H22N4O3S/c1-3-26-18(25)15-10-21-19(22-16(15)20)27-12(2)17(24)23-9-8-13-6-4-5-7-14(13)11-23/h4-7,10,12H,3,8-9,11H2,1-2H3,(H2,20,21,22)/t12-/m0/s1. The minimum absolute atomic E-state index is 0.0335. The predicted octanol–water partition coefficient (Wildman–Crippen LogP) is 2.30. The molecule has 0 unspecified atom stereocenters. The molecule has 1 aliphatic rings. The molecule has 8 heteroatoms. The fourth-order valence-corrected chi connectivity index (χ4v) is 3.78. The number of fused-ring (bicyclic) bond motifs is 1. The van der Waals surface area contributed by atoms with Crippen LogP contribution in [-0.4, -0.2) is 45.1 Å². The fourth-order valence-electron chi connectivity index (χ4n) is 2.95. The topological polar surface area (TPSA) is 98.4 Å². The molecule has 27 heavy (non-hydrogen) atoms. The van der Waals surface area contributed by atoms with Crippen LogP contribution in [0.4, 0.5) is 5.82 Å². The highest BCUT2D eigenvalue weighted by atomic mass is 32.2. The molecule has 1 aliphatic heterocycles. The van der Waals surface area contributed by atoms with E-state index in [9.17, 15) is 9.59 Å². The maximum Gasteiger partial charge on any atom is 0.343 e. The molecule has 1 aromatic heterocycles. The quantitative estimate of drug-likeness (QED) is 0.478. The lowest BCUT2D eigenvalue weighted by Crippen LogP contribution is -2.40. The molecule has 2 N–H and O–H groups in total. The van der Waals surface area contributed by atoms with E-state index in [-0.39, 0.29) is 29.1 Å². The number of benzene rings is 1. The molecule has 1 atom stereocenters. The average Bonchev–Trinajstić information content (AvgIpc) is 2.67. The number of ether oxygens (including phenoxy) is 1. The summed E-state index contributed by atoms with van der Waals surface area (Å²) in [7, 11) is 0. The first kappa shape index (κ1) is 19.2. The Balaban J connectivity index is 1.65. The van der Waals surface area contributed by atoms with Crippen molar-refractivity contribution in [3.63, 3.8) is 0 Å². The molecule has 1 aromatic carbocycles. The molecule has 0 spiro atoms. The van der Waals surface area contributed by atoms with Crippen LogP contribution in [-0.2, 0) is 22.5 Å². The Morgan fingerprint density at radius 2 is 2.07 bits per heavy atom. The summed E-state index contributed by atoms with van der Waals surface area (Å²) in [5, 5.41) is 0.00177. The van der Waals surface area contributed by atoms with Gasteiger partial charge in [0.05, 0.1) is 11.9 Å². The number of hydrogen-bond donors (Lipinski definition) is 1. The second-order valence-electron chi connectivity index (χ2n) is 6.21. The third-order valence-electron chi connectivity index (χ3n) is 4.36.